The highest BCUT2D eigenvalue weighted by Crippen LogP contribution is 2.19. The van der Waals surface area contributed by atoms with Gasteiger partial charge < -0.3 is 10.5 Å². The van der Waals surface area contributed by atoms with Gasteiger partial charge in [0.25, 0.3) is 0 Å². The van der Waals surface area contributed by atoms with Gasteiger partial charge in [0.2, 0.25) is 0 Å². The molecule has 0 aromatic carbocycles. The van der Waals surface area contributed by atoms with E-state index in [9.17, 15) is 4.79 Å². The predicted molar refractivity (Wildman–Crippen MR) is 65.4 cm³/mol. The molecule has 7 nitrogen and oxygen atoms in total. The first kappa shape index (κ1) is 12.2. The summed E-state index contributed by atoms with van der Waals surface area (Å²) in [6.45, 7) is 3.90. The van der Waals surface area contributed by atoms with Crippen LogP contribution in [0.4, 0.5) is 5.69 Å². The Bertz CT molecular complexity index is 584. The fourth-order valence-electron chi connectivity index (χ4n) is 1.69. The van der Waals surface area contributed by atoms with Crippen LogP contribution in [0.1, 0.15) is 23.0 Å². The van der Waals surface area contributed by atoms with Gasteiger partial charge in [0.15, 0.2) is 5.82 Å². The maximum absolute atomic E-state index is 11.5. The Hall–Kier alpha value is -2.31. The Morgan fingerprint density at radius 1 is 1.56 bits per heavy atom. The first-order valence-corrected chi connectivity index (χ1v) is 5.55. The number of rotatable bonds is 3. The van der Waals surface area contributed by atoms with Crippen molar-refractivity contribution in [2.75, 3.05) is 12.3 Å². The monoisotopic (exact) mass is 249 g/mol. The molecule has 18 heavy (non-hydrogen) atoms. The van der Waals surface area contributed by atoms with Crippen molar-refractivity contribution in [3.8, 4) is 5.82 Å². The van der Waals surface area contributed by atoms with Gasteiger partial charge in [0.05, 0.1) is 29.7 Å². The second-order valence-electron chi connectivity index (χ2n) is 3.84. The minimum atomic E-state index is -0.402. The summed E-state index contributed by atoms with van der Waals surface area (Å²) in [5, 5.41) is 8.29. The third kappa shape index (κ3) is 1.94. The van der Waals surface area contributed by atoms with E-state index in [4.69, 9.17) is 10.5 Å². The highest BCUT2D eigenvalue weighted by atomic mass is 16.5. The molecule has 0 aliphatic carbocycles. The highest BCUT2D eigenvalue weighted by Gasteiger charge is 2.15. The van der Waals surface area contributed by atoms with E-state index in [0.717, 1.165) is 5.69 Å². The zero-order chi connectivity index (χ0) is 13.3. The molecular formula is C11H15N5O2. The summed E-state index contributed by atoms with van der Waals surface area (Å²) in [6, 6.07) is 0. The Morgan fingerprint density at radius 3 is 2.83 bits per heavy atom. The van der Waals surface area contributed by atoms with E-state index in [2.05, 4.69) is 10.2 Å². The van der Waals surface area contributed by atoms with Crippen LogP contribution in [0.3, 0.4) is 0 Å². The van der Waals surface area contributed by atoms with Crippen LogP contribution in [-0.2, 0) is 11.8 Å². The summed E-state index contributed by atoms with van der Waals surface area (Å²) in [6.07, 6.45) is 3.02. The van der Waals surface area contributed by atoms with Crippen molar-refractivity contribution in [2.45, 2.75) is 13.8 Å². The van der Waals surface area contributed by atoms with Crippen LogP contribution in [0, 0.1) is 6.92 Å². The molecule has 2 rings (SSSR count). The molecule has 0 unspecified atom stereocenters. The maximum Gasteiger partial charge on any atom is 0.341 e. The molecule has 0 fully saturated rings. The molecule has 0 aliphatic heterocycles. The molecule has 0 saturated carbocycles. The zero-order valence-corrected chi connectivity index (χ0v) is 10.5. The molecule has 0 saturated heterocycles. The smallest absolute Gasteiger partial charge is 0.341 e. The van der Waals surface area contributed by atoms with Crippen LogP contribution in [0.15, 0.2) is 12.4 Å². The number of ether oxygens (including phenoxy) is 1. The topological polar surface area (TPSA) is 88.0 Å². The van der Waals surface area contributed by atoms with Crippen molar-refractivity contribution in [2.24, 2.45) is 7.05 Å². The van der Waals surface area contributed by atoms with Gasteiger partial charge in [-0.15, -0.1) is 0 Å². The lowest BCUT2D eigenvalue weighted by molar-refractivity contribution is 0.0526. The molecule has 2 N–H and O–H groups in total. The summed E-state index contributed by atoms with van der Waals surface area (Å²) in [5.41, 5.74) is 7.56. The number of carbonyl (C=O) groups is 1. The molecule has 2 aromatic heterocycles. The standard InChI is InChI=1S/C11H15N5O2/c1-4-18-11(17)8-5-13-16(6-8)10-9(12)7(2)14-15(10)3/h5-6H,4,12H2,1-3H3. The minimum Gasteiger partial charge on any atom is -0.462 e. The Kier molecular flexibility index (Phi) is 3.05. The van der Waals surface area contributed by atoms with Crippen LogP contribution in [0.2, 0.25) is 0 Å². The van der Waals surface area contributed by atoms with Crippen molar-refractivity contribution in [3.05, 3.63) is 23.7 Å². The van der Waals surface area contributed by atoms with E-state index < -0.39 is 5.97 Å². The number of aromatic nitrogens is 4. The van der Waals surface area contributed by atoms with E-state index in [1.165, 1.54) is 10.9 Å². The number of hydrogen-bond donors (Lipinski definition) is 1. The molecule has 0 atom stereocenters. The van der Waals surface area contributed by atoms with Gasteiger partial charge in [-0.1, -0.05) is 0 Å². The molecule has 2 heterocycles. The molecule has 0 aliphatic rings. The average Bonchev–Trinajstić information content (AvgIpc) is 2.86. The van der Waals surface area contributed by atoms with Crippen LogP contribution in [-0.4, -0.2) is 32.1 Å². The van der Waals surface area contributed by atoms with Gasteiger partial charge in [-0.05, 0) is 13.8 Å². The molecular weight excluding hydrogens is 234 g/mol. The third-order valence-electron chi connectivity index (χ3n) is 2.55. The SMILES string of the molecule is CCOC(=O)c1cnn(-c2c(N)c(C)nn2C)c1. The number of esters is 1. The molecule has 7 heteroatoms. The number of nitrogens with two attached hydrogens (primary N) is 1. The van der Waals surface area contributed by atoms with E-state index in [0.29, 0.717) is 23.7 Å². The van der Waals surface area contributed by atoms with Gasteiger partial charge in [0, 0.05) is 13.2 Å². The van der Waals surface area contributed by atoms with Gasteiger partial charge in [-0.2, -0.15) is 10.2 Å². The fraction of sp³-hybridized carbons (Fsp3) is 0.364. The maximum atomic E-state index is 11.5. The summed E-state index contributed by atoms with van der Waals surface area (Å²) in [7, 11) is 1.77. The van der Waals surface area contributed by atoms with E-state index in [1.807, 2.05) is 6.92 Å². The average molecular weight is 249 g/mol. The van der Waals surface area contributed by atoms with Crippen molar-refractivity contribution < 1.29 is 9.53 Å². The van der Waals surface area contributed by atoms with E-state index in [1.54, 1.807) is 24.9 Å². The van der Waals surface area contributed by atoms with Crippen LogP contribution >= 0.6 is 0 Å². The lowest BCUT2D eigenvalue weighted by Gasteiger charge is -2.02. The number of nitrogen functional groups attached to an aromatic ring is 1. The van der Waals surface area contributed by atoms with Gasteiger partial charge in [-0.3, -0.25) is 0 Å². The van der Waals surface area contributed by atoms with Crippen LogP contribution < -0.4 is 5.73 Å². The van der Waals surface area contributed by atoms with Crippen molar-refractivity contribution in [3.63, 3.8) is 0 Å². The summed E-state index contributed by atoms with van der Waals surface area (Å²) >= 11 is 0. The van der Waals surface area contributed by atoms with Gasteiger partial charge in [-0.25, -0.2) is 14.2 Å². The number of hydrogen-bond acceptors (Lipinski definition) is 5. The molecule has 0 spiro atoms. The van der Waals surface area contributed by atoms with Crippen molar-refractivity contribution in [1.29, 1.82) is 0 Å². The lowest BCUT2D eigenvalue weighted by Crippen LogP contribution is -2.06. The number of carbonyl (C=O) groups excluding carboxylic acids is 1. The zero-order valence-electron chi connectivity index (χ0n) is 10.5. The number of aryl methyl sites for hydroxylation is 2. The summed E-state index contributed by atoms with van der Waals surface area (Å²) in [4.78, 5) is 11.5. The first-order chi connectivity index (χ1) is 8.54. The fourth-order valence-corrected chi connectivity index (χ4v) is 1.69. The van der Waals surface area contributed by atoms with E-state index >= 15 is 0 Å². The van der Waals surface area contributed by atoms with Gasteiger partial charge >= 0.3 is 5.97 Å². The summed E-state index contributed by atoms with van der Waals surface area (Å²) in [5.74, 6) is 0.226. The number of anilines is 1. The second-order valence-corrected chi connectivity index (χ2v) is 3.84. The first-order valence-electron chi connectivity index (χ1n) is 5.55. The molecule has 0 amide bonds. The number of nitrogens with zero attached hydrogens (tertiary/aromatic N) is 4. The Labute approximate surface area is 104 Å². The second kappa shape index (κ2) is 4.52. The van der Waals surface area contributed by atoms with E-state index in [-0.39, 0.29) is 0 Å². The highest BCUT2D eigenvalue weighted by molar-refractivity contribution is 5.88. The Morgan fingerprint density at radius 2 is 2.28 bits per heavy atom. The van der Waals surface area contributed by atoms with Crippen LogP contribution in [0.25, 0.3) is 5.82 Å². The lowest BCUT2D eigenvalue weighted by atomic mass is 10.3. The third-order valence-corrected chi connectivity index (χ3v) is 2.55. The van der Waals surface area contributed by atoms with Crippen LogP contribution in [0.5, 0.6) is 0 Å². The largest absolute Gasteiger partial charge is 0.462 e. The molecule has 2 aromatic rings. The molecule has 96 valence electrons. The molecule has 0 bridgehead atoms. The normalized spacial score (nSPS) is 10.6. The summed E-state index contributed by atoms with van der Waals surface area (Å²) < 4.78 is 8.03. The Balaban J connectivity index is 2.38. The minimum absolute atomic E-state index is 0.330. The van der Waals surface area contributed by atoms with Crippen molar-refractivity contribution in [1.82, 2.24) is 19.6 Å². The molecule has 0 radical (unpaired) electrons. The quantitative estimate of drug-likeness (QED) is 0.808. The van der Waals surface area contributed by atoms with Gasteiger partial charge in [0.1, 0.15) is 0 Å². The van der Waals surface area contributed by atoms with Crippen molar-refractivity contribution >= 4 is 11.7 Å². The predicted octanol–water partition coefficient (Wildman–Crippen LogP) is 0.673.